The molecule has 5 heteroatoms. The van der Waals surface area contributed by atoms with Crippen molar-refractivity contribution in [2.75, 3.05) is 13.1 Å². The molecule has 1 saturated heterocycles. The van der Waals surface area contributed by atoms with Crippen LogP contribution in [0.2, 0.25) is 0 Å². The fourth-order valence-corrected chi connectivity index (χ4v) is 4.84. The van der Waals surface area contributed by atoms with E-state index in [9.17, 15) is 4.79 Å². The normalized spacial score (nSPS) is 16.5. The van der Waals surface area contributed by atoms with Crippen LogP contribution in [0, 0.1) is 20.8 Å². The number of rotatable bonds is 3. The molecular weight excluding hydrogens is 396 g/mol. The molecule has 1 aliphatic heterocycles. The fraction of sp³-hybridized carbons (Fsp3) is 0.296. The number of benzene rings is 2. The van der Waals surface area contributed by atoms with Crippen molar-refractivity contribution in [3.05, 3.63) is 83.1 Å². The smallest absolute Gasteiger partial charge is 0.256 e. The molecule has 5 nitrogen and oxygen atoms in total. The summed E-state index contributed by atoms with van der Waals surface area (Å²) in [5.74, 6) is 0.283. The largest absolute Gasteiger partial charge is 0.358 e. The van der Waals surface area contributed by atoms with Crippen LogP contribution in [0.5, 0.6) is 0 Å². The van der Waals surface area contributed by atoms with Gasteiger partial charge in [0.25, 0.3) is 5.91 Å². The summed E-state index contributed by atoms with van der Waals surface area (Å²) in [5.41, 5.74) is 8.45. The summed E-state index contributed by atoms with van der Waals surface area (Å²) in [7, 11) is 0. The zero-order chi connectivity index (χ0) is 22.2. The second kappa shape index (κ2) is 8.23. The molecule has 1 aliphatic rings. The third kappa shape index (κ3) is 3.58. The number of nitrogens with one attached hydrogen (secondary N) is 1. The second-order valence-electron chi connectivity index (χ2n) is 8.88. The molecule has 3 heterocycles. The summed E-state index contributed by atoms with van der Waals surface area (Å²) in [6.07, 6.45) is 5.51. The van der Waals surface area contributed by atoms with Gasteiger partial charge in [0, 0.05) is 41.8 Å². The van der Waals surface area contributed by atoms with Crippen molar-refractivity contribution in [2.24, 2.45) is 0 Å². The van der Waals surface area contributed by atoms with E-state index in [4.69, 9.17) is 0 Å². The van der Waals surface area contributed by atoms with Crippen LogP contribution in [0.1, 0.15) is 51.6 Å². The highest BCUT2D eigenvalue weighted by Crippen LogP contribution is 2.34. The molecular formula is C27H28N4O. The van der Waals surface area contributed by atoms with Gasteiger partial charge in [0.1, 0.15) is 6.33 Å². The molecule has 1 atom stereocenters. The van der Waals surface area contributed by atoms with Crippen LogP contribution in [0.25, 0.3) is 22.0 Å². The summed E-state index contributed by atoms with van der Waals surface area (Å²) in [6, 6.07) is 14.5. The summed E-state index contributed by atoms with van der Waals surface area (Å²) in [6.45, 7) is 7.69. The number of carbonyl (C=O) groups is 1. The van der Waals surface area contributed by atoms with Gasteiger partial charge in [-0.15, -0.1) is 0 Å². The minimum atomic E-state index is 0.0903. The van der Waals surface area contributed by atoms with Crippen molar-refractivity contribution >= 4 is 16.8 Å². The van der Waals surface area contributed by atoms with E-state index in [1.165, 1.54) is 11.1 Å². The molecule has 0 radical (unpaired) electrons. The molecule has 2 aromatic carbocycles. The topological polar surface area (TPSA) is 61.9 Å². The van der Waals surface area contributed by atoms with Gasteiger partial charge < -0.3 is 9.88 Å². The number of carbonyl (C=O) groups excluding carboxylic acids is 1. The van der Waals surface area contributed by atoms with Gasteiger partial charge in [-0.3, -0.25) is 4.79 Å². The molecule has 1 unspecified atom stereocenters. The van der Waals surface area contributed by atoms with Gasteiger partial charge in [0.15, 0.2) is 0 Å². The Morgan fingerprint density at radius 2 is 1.91 bits per heavy atom. The summed E-state index contributed by atoms with van der Waals surface area (Å²) in [4.78, 5) is 28.0. The predicted molar refractivity (Wildman–Crippen MR) is 128 cm³/mol. The molecule has 1 fully saturated rings. The van der Waals surface area contributed by atoms with Gasteiger partial charge >= 0.3 is 0 Å². The lowest BCUT2D eigenvalue weighted by Crippen LogP contribution is -2.39. The van der Waals surface area contributed by atoms with Gasteiger partial charge in [-0.25, -0.2) is 9.97 Å². The van der Waals surface area contributed by atoms with E-state index >= 15 is 0 Å². The van der Waals surface area contributed by atoms with E-state index in [1.807, 2.05) is 23.2 Å². The number of amides is 1. The highest BCUT2D eigenvalue weighted by Gasteiger charge is 2.29. The molecule has 4 aromatic rings. The van der Waals surface area contributed by atoms with E-state index in [2.05, 4.69) is 66.1 Å². The maximum atomic E-state index is 13.6. The van der Waals surface area contributed by atoms with Crippen LogP contribution < -0.4 is 0 Å². The first-order valence-corrected chi connectivity index (χ1v) is 11.3. The fourth-order valence-electron chi connectivity index (χ4n) is 4.84. The van der Waals surface area contributed by atoms with Crippen molar-refractivity contribution in [1.29, 1.82) is 0 Å². The number of para-hydroxylation sites is 1. The van der Waals surface area contributed by atoms with Crippen molar-refractivity contribution in [2.45, 2.75) is 39.5 Å². The minimum Gasteiger partial charge on any atom is -0.358 e. The summed E-state index contributed by atoms with van der Waals surface area (Å²) < 4.78 is 0. The zero-order valence-corrected chi connectivity index (χ0v) is 18.9. The van der Waals surface area contributed by atoms with Crippen LogP contribution >= 0.6 is 0 Å². The number of hydrogen-bond acceptors (Lipinski definition) is 3. The Hall–Kier alpha value is -3.47. The van der Waals surface area contributed by atoms with Gasteiger partial charge in [-0.1, -0.05) is 42.0 Å². The number of piperidine rings is 1. The van der Waals surface area contributed by atoms with Crippen LogP contribution in [0.4, 0.5) is 0 Å². The number of H-pyrrole nitrogens is 1. The van der Waals surface area contributed by atoms with E-state index in [-0.39, 0.29) is 11.8 Å². The second-order valence-corrected chi connectivity index (χ2v) is 8.88. The van der Waals surface area contributed by atoms with Crippen molar-refractivity contribution < 1.29 is 4.79 Å². The molecule has 5 rings (SSSR count). The Balaban J connectivity index is 1.46. The molecule has 162 valence electrons. The van der Waals surface area contributed by atoms with Gasteiger partial charge in [-0.05, 0) is 50.8 Å². The number of likely N-dealkylation sites (tertiary alicyclic amines) is 1. The Labute approximate surface area is 188 Å². The maximum absolute atomic E-state index is 13.6. The number of fused-ring (bicyclic) bond motifs is 1. The summed E-state index contributed by atoms with van der Waals surface area (Å²) >= 11 is 0. The molecule has 0 bridgehead atoms. The number of nitrogens with zero attached hydrogens (tertiary/aromatic N) is 3. The lowest BCUT2D eigenvalue weighted by molar-refractivity contribution is 0.0708. The quantitative estimate of drug-likeness (QED) is 0.468. The van der Waals surface area contributed by atoms with Crippen molar-refractivity contribution in [3.63, 3.8) is 0 Å². The number of aromatic amines is 1. The Morgan fingerprint density at radius 3 is 2.72 bits per heavy atom. The standard InChI is InChI=1S/C27H28N4O/c1-17-9-11-20(12-10-17)24-14-28-16-29-25(24)21-6-5-13-31(15-21)27(32)23-8-4-7-22-18(2)19(3)30-26(22)23/h4,7-12,14,16,21,30H,5-6,13,15H2,1-3H3. The van der Waals surface area contributed by atoms with Crippen LogP contribution in [0.3, 0.4) is 0 Å². The molecule has 1 N–H and O–H groups in total. The van der Waals surface area contributed by atoms with Crippen LogP contribution in [-0.2, 0) is 0 Å². The molecule has 2 aromatic heterocycles. The van der Waals surface area contributed by atoms with Crippen molar-refractivity contribution in [3.8, 4) is 11.1 Å². The van der Waals surface area contributed by atoms with Crippen LogP contribution in [0.15, 0.2) is 55.0 Å². The molecule has 0 aliphatic carbocycles. The molecule has 32 heavy (non-hydrogen) atoms. The monoisotopic (exact) mass is 424 g/mol. The Morgan fingerprint density at radius 1 is 1.09 bits per heavy atom. The predicted octanol–water partition coefficient (Wildman–Crippen LogP) is 5.57. The third-order valence-corrected chi connectivity index (χ3v) is 6.77. The Kier molecular flexibility index (Phi) is 5.25. The first kappa shape index (κ1) is 20.4. The first-order chi connectivity index (χ1) is 15.5. The number of aromatic nitrogens is 3. The number of hydrogen-bond donors (Lipinski definition) is 1. The minimum absolute atomic E-state index is 0.0903. The third-order valence-electron chi connectivity index (χ3n) is 6.77. The highest BCUT2D eigenvalue weighted by molar-refractivity contribution is 6.06. The zero-order valence-electron chi connectivity index (χ0n) is 18.9. The van der Waals surface area contributed by atoms with Gasteiger partial charge in [0.2, 0.25) is 0 Å². The van der Waals surface area contributed by atoms with E-state index in [0.717, 1.165) is 58.4 Å². The first-order valence-electron chi connectivity index (χ1n) is 11.3. The summed E-state index contributed by atoms with van der Waals surface area (Å²) in [5, 5.41) is 1.12. The lowest BCUT2D eigenvalue weighted by atomic mass is 9.89. The molecule has 0 spiro atoms. The SMILES string of the molecule is Cc1ccc(-c2cncnc2C2CCCN(C(=O)c3cccc4c(C)c(C)[nH]c34)C2)cc1. The lowest BCUT2D eigenvalue weighted by Gasteiger charge is -2.33. The number of aryl methyl sites for hydroxylation is 3. The average Bonchev–Trinajstić information content (AvgIpc) is 3.13. The molecule has 1 amide bonds. The average molecular weight is 425 g/mol. The highest BCUT2D eigenvalue weighted by atomic mass is 16.2. The maximum Gasteiger partial charge on any atom is 0.256 e. The van der Waals surface area contributed by atoms with E-state index < -0.39 is 0 Å². The van der Waals surface area contributed by atoms with Gasteiger partial charge in [-0.2, -0.15) is 0 Å². The Bertz CT molecular complexity index is 1290. The van der Waals surface area contributed by atoms with E-state index in [0.29, 0.717) is 6.54 Å². The van der Waals surface area contributed by atoms with Crippen molar-refractivity contribution in [1.82, 2.24) is 19.9 Å². The van der Waals surface area contributed by atoms with Gasteiger partial charge in [0.05, 0.1) is 16.8 Å². The van der Waals surface area contributed by atoms with Crippen LogP contribution in [-0.4, -0.2) is 38.8 Å². The van der Waals surface area contributed by atoms with E-state index in [1.54, 1.807) is 6.33 Å². The molecule has 0 saturated carbocycles.